The number of aromatic hydroxyl groups is 1. The molecular formula is C20H20N2O2. The van der Waals surface area contributed by atoms with Gasteiger partial charge >= 0.3 is 0 Å². The molecule has 0 saturated carbocycles. The van der Waals surface area contributed by atoms with Gasteiger partial charge in [0.15, 0.2) is 0 Å². The summed E-state index contributed by atoms with van der Waals surface area (Å²) in [6.45, 7) is 1.95. The second kappa shape index (κ2) is 7.42. The van der Waals surface area contributed by atoms with Gasteiger partial charge in [-0.3, -0.25) is 9.78 Å². The highest BCUT2D eigenvalue weighted by atomic mass is 16.3. The number of benzene rings is 2. The van der Waals surface area contributed by atoms with Crippen molar-refractivity contribution in [2.75, 3.05) is 5.32 Å². The minimum Gasteiger partial charge on any atom is -0.508 e. The fraction of sp³-hybridized carbons (Fsp3) is 0.100. The lowest BCUT2D eigenvalue weighted by atomic mass is 10.1. The zero-order valence-electron chi connectivity index (χ0n) is 12.7. The van der Waals surface area contributed by atoms with Crippen LogP contribution >= 0.6 is 0 Å². The second-order valence-electron chi connectivity index (χ2n) is 5.28. The van der Waals surface area contributed by atoms with E-state index in [9.17, 15) is 9.90 Å². The van der Waals surface area contributed by atoms with Crippen LogP contribution in [0.15, 0.2) is 67.0 Å². The Labute approximate surface area is 141 Å². The SMILES string of the molecule is C.Cc1ccccc1NC(=O)c1cncc(-c2ccc(O)cc2)c1. The zero-order chi connectivity index (χ0) is 16.2. The van der Waals surface area contributed by atoms with Gasteiger partial charge in [0.1, 0.15) is 5.75 Å². The summed E-state index contributed by atoms with van der Waals surface area (Å²) >= 11 is 0. The Bertz CT molecular complexity index is 842. The Morgan fingerprint density at radius 3 is 2.42 bits per heavy atom. The number of nitrogens with zero attached hydrogens (tertiary/aromatic N) is 1. The van der Waals surface area contributed by atoms with Crippen molar-refractivity contribution in [1.82, 2.24) is 4.98 Å². The summed E-state index contributed by atoms with van der Waals surface area (Å²) in [6, 6.07) is 16.2. The summed E-state index contributed by atoms with van der Waals surface area (Å²) in [5.41, 5.74) is 3.98. The number of amides is 1. The summed E-state index contributed by atoms with van der Waals surface area (Å²) in [6.07, 6.45) is 3.23. The number of aromatic nitrogens is 1. The number of aryl methyl sites for hydroxylation is 1. The molecule has 122 valence electrons. The van der Waals surface area contributed by atoms with Gasteiger partial charge in [-0.25, -0.2) is 0 Å². The van der Waals surface area contributed by atoms with Crippen LogP contribution in [0.2, 0.25) is 0 Å². The fourth-order valence-corrected chi connectivity index (χ4v) is 2.28. The van der Waals surface area contributed by atoms with Gasteiger partial charge in [0, 0.05) is 23.6 Å². The lowest BCUT2D eigenvalue weighted by molar-refractivity contribution is 0.102. The topological polar surface area (TPSA) is 62.2 Å². The first-order valence-electron chi connectivity index (χ1n) is 7.25. The number of carbonyl (C=O) groups excluding carboxylic acids is 1. The molecule has 0 fully saturated rings. The quantitative estimate of drug-likeness (QED) is 0.738. The van der Waals surface area contributed by atoms with E-state index in [0.717, 1.165) is 22.4 Å². The number of phenolic OH excluding ortho intramolecular Hbond substituents is 1. The molecule has 0 atom stereocenters. The van der Waals surface area contributed by atoms with Gasteiger partial charge in [0.2, 0.25) is 0 Å². The van der Waals surface area contributed by atoms with E-state index >= 15 is 0 Å². The highest BCUT2D eigenvalue weighted by Gasteiger charge is 2.09. The number of hydrogen-bond acceptors (Lipinski definition) is 3. The first kappa shape index (κ1) is 17.2. The van der Waals surface area contributed by atoms with Crippen molar-refractivity contribution in [2.45, 2.75) is 14.4 Å². The van der Waals surface area contributed by atoms with Crippen LogP contribution in [0.1, 0.15) is 23.3 Å². The van der Waals surface area contributed by atoms with Gasteiger partial charge in [0.05, 0.1) is 5.56 Å². The van der Waals surface area contributed by atoms with E-state index in [2.05, 4.69) is 10.3 Å². The Morgan fingerprint density at radius 1 is 1.00 bits per heavy atom. The molecule has 4 nitrogen and oxygen atoms in total. The molecule has 1 heterocycles. The van der Waals surface area contributed by atoms with Crippen LogP contribution in [0.3, 0.4) is 0 Å². The number of anilines is 1. The van der Waals surface area contributed by atoms with Crippen LogP contribution in [0.4, 0.5) is 5.69 Å². The number of pyridine rings is 1. The number of hydrogen-bond donors (Lipinski definition) is 2. The van der Waals surface area contributed by atoms with Crippen LogP contribution in [0.25, 0.3) is 11.1 Å². The Balaban J connectivity index is 0.00000208. The van der Waals surface area contributed by atoms with Crippen molar-refractivity contribution in [2.24, 2.45) is 0 Å². The highest BCUT2D eigenvalue weighted by molar-refractivity contribution is 6.05. The van der Waals surface area contributed by atoms with Crippen molar-refractivity contribution in [3.63, 3.8) is 0 Å². The molecule has 2 N–H and O–H groups in total. The second-order valence-corrected chi connectivity index (χ2v) is 5.28. The smallest absolute Gasteiger partial charge is 0.257 e. The molecule has 0 aliphatic carbocycles. The van der Waals surface area contributed by atoms with Gasteiger partial charge < -0.3 is 10.4 Å². The van der Waals surface area contributed by atoms with E-state index in [-0.39, 0.29) is 19.1 Å². The largest absolute Gasteiger partial charge is 0.508 e. The molecule has 1 amide bonds. The first-order valence-corrected chi connectivity index (χ1v) is 7.25. The normalized spacial score (nSPS) is 9.88. The molecule has 4 heteroatoms. The summed E-state index contributed by atoms with van der Waals surface area (Å²) in [7, 11) is 0. The van der Waals surface area contributed by atoms with Crippen LogP contribution in [0, 0.1) is 6.92 Å². The number of carbonyl (C=O) groups is 1. The van der Waals surface area contributed by atoms with Crippen LogP contribution < -0.4 is 5.32 Å². The van der Waals surface area contributed by atoms with Gasteiger partial charge in [-0.05, 0) is 42.3 Å². The molecule has 0 unspecified atom stereocenters. The summed E-state index contributed by atoms with van der Waals surface area (Å²) in [4.78, 5) is 16.6. The molecule has 3 aromatic rings. The molecule has 0 bridgehead atoms. The lowest BCUT2D eigenvalue weighted by Gasteiger charge is -2.09. The van der Waals surface area contributed by atoms with Crippen molar-refractivity contribution < 1.29 is 9.90 Å². The van der Waals surface area contributed by atoms with Gasteiger partial charge in [-0.2, -0.15) is 0 Å². The molecule has 0 saturated heterocycles. The van der Waals surface area contributed by atoms with E-state index in [1.807, 2.05) is 31.2 Å². The molecule has 2 aromatic carbocycles. The van der Waals surface area contributed by atoms with E-state index in [0.29, 0.717) is 5.56 Å². The minimum absolute atomic E-state index is 0. The van der Waals surface area contributed by atoms with E-state index in [4.69, 9.17) is 0 Å². The fourth-order valence-electron chi connectivity index (χ4n) is 2.28. The molecular weight excluding hydrogens is 300 g/mol. The maximum absolute atomic E-state index is 12.4. The molecule has 1 aromatic heterocycles. The number of para-hydroxylation sites is 1. The number of nitrogens with one attached hydrogen (secondary N) is 1. The van der Waals surface area contributed by atoms with Gasteiger partial charge in [-0.1, -0.05) is 37.8 Å². The van der Waals surface area contributed by atoms with Crippen molar-refractivity contribution in [3.8, 4) is 16.9 Å². The maximum atomic E-state index is 12.4. The molecule has 0 radical (unpaired) electrons. The summed E-state index contributed by atoms with van der Waals surface area (Å²) < 4.78 is 0. The Hall–Kier alpha value is -3.14. The minimum atomic E-state index is -0.201. The molecule has 0 aliphatic heterocycles. The predicted octanol–water partition coefficient (Wildman–Crippen LogP) is 4.65. The standard InChI is InChI=1S/C19H16N2O2.CH4/c1-13-4-2-3-5-18(13)21-19(23)16-10-15(11-20-12-16)14-6-8-17(22)9-7-14;/h2-12,22H,1H3,(H,21,23);1H4. The molecule has 24 heavy (non-hydrogen) atoms. The zero-order valence-corrected chi connectivity index (χ0v) is 12.7. The van der Waals surface area contributed by atoms with Crippen LogP contribution in [0.5, 0.6) is 5.75 Å². The number of phenols is 1. The monoisotopic (exact) mass is 320 g/mol. The molecule has 0 aliphatic rings. The van der Waals surface area contributed by atoms with E-state index in [1.54, 1.807) is 36.5 Å². The predicted molar refractivity (Wildman–Crippen MR) is 97.2 cm³/mol. The maximum Gasteiger partial charge on any atom is 0.257 e. The summed E-state index contributed by atoms with van der Waals surface area (Å²) in [5.74, 6) is 0.00240. The molecule has 0 spiro atoms. The third-order valence-corrected chi connectivity index (χ3v) is 3.59. The Morgan fingerprint density at radius 2 is 1.71 bits per heavy atom. The third kappa shape index (κ3) is 3.79. The van der Waals surface area contributed by atoms with Crippen molar-refractivity contribution >= 4 is 11.6 Å². The van der Waals surface area contributed by atoms with Crippen molar-refractivity contribution in [1.29, 1.82) is 0 Å². The summed E-state index contributed by atoms with van der Waals surface area (Å²) in [5, 5.41) is 12.3. The first-order chi connectivity index (χ1) is 11.1. The van der Waals surface area contributed by atoms with Gasteiger partial charge in [-0.15, -0.1) is 0 Å². The average molecular weight is 320 g/mol. The lowest BCUT2D eigenvalue weighted by Crippen LogP contribution is -2.13. The van der Waals surface area contributed by atoms with Crippen molar-refractivity contribution in [3.05, 3.63) is 78.1 Å². The number of rotatable bonds is 3. The van der Waals surface area contributed by atoms with Crippen LogP contribution in [-0.2, 0) is 0 Å². The van der Waals surface area contributed by atoms with Gasteiger partial charge in [0.25, 0.3) is 5.91 Å². The van der Waals surface area contributed by atoms with E-state index in [1.165, 1.54) is 6.20 Å². The third-order valence-electron chi connectivity index (χ3n) is 3.59. The van der Waals surface area contributed by atoms with E-state index < -0.39 is 0 Å². The molecule has 3 rings (SSSR count). The highest BCUT2D eigenvalue weighted by Crippen LogP contribution is 2.22. The Kier molecular flexibility index (Phi) is 5.32. The average Bonchev–Trinajstić information content (AvgIpc) is 2.58. The van der Waals surface area contributed by atoms with Crippen LogP contribution in [-0.4, -0.2) is 16.0 Å².